The molecule has 1 aromatic carbocycles. The van der Waals surface area contributed by atoms with Crippen LogP contribution < -0.4 is 11.1 Å². The number of carbonyl (C=O) groups excluding carboxylic acids is 1. The maximum Gasteiger partial charge on any atom is 0.454 e. The van der Waals surface area contributed by atoms with Crippen LogP contribution in [0.1, 0.15) is 12.8 Å². The van der Waals surface area contributed by atoms with Gasteiger partial charge in [0.15, 0.2) is 0 Å². The summed E-state index contributed by atoms with van der Waals surface area (Å²) in [4.78, 5) is 11.0. The maximum atomic E-state index is 12.3. The third kappa shape index (κ3) is 3.49. The van der Waals surface area contributed by atoms with Gasteiger partial charge in [-0.15, -0.1) is 0 Å². The highest BCUT2D eigenvalue weighted by Crippen LogP contribution is 2.38. The number of alkyl halides is 3. The molecule has 1 saturated carbocycles. The van der Waals surface area contributed by atoms with Gasteiger partial charge in [0, 0.05) is 11.8 Å². The number of allylic oxidation sites excluding steroid dienone is 2. The molecule has 1 aromatic rings. The summed E-state index contributed by atoms with van der Waals surface area (Å²) in [6.07, 6.45) is -2.67. The van der Waals surface area contributed by atoms with E-state index in [1.807, 2.05) is 0 Å². The lowest BCUT2D eigenvalue weighted by Crippen LogP contribution is -2.22. The van der Waals surface area contributed by atoms with Crippen LogP contribution in [0.4, 0.5) is 24.5 Å². The molecule has 19 heavy (non-hydrogen) atoms. The molecule has 0 heterocycles. The summed E-state index contributed by atoms with van der Waals surface area (Å²) in [6, 6.07) is 6.73. The van der Waals surface area contributed by atoms with Crippen LogP contribution >= 0.6 is 0 Å². The van der Waals surface area contributed by atoms with E-state index in [1.165, 1.54) is 0 Å². The fraction of sp³-hybridized carbons (Fsp3) is 0.308. The van der Waals surface area contributed by atoms with Crippen molar-refractivity contribution in [3.05, 3.63) is 36.0 Å². The molecule has 3 nitrogen and oxygen atoms in total. The topological polar surface area (TPSA) is 55.1 Å². The highest BCUT2D eigenvalue weighted by Gasteiger charge is 2.38. The third-order valence-electron chi connectivity index (χ3n) is 2.82. The number of hydrogen-bond acceptors (Lipinski definition) is 3. The predicted octanol–water partition coefficient (Wildman–Crippen LogP) is 3.11. The molecule has 0 spiro atoms. The summed E-state index contributed by atoms with van der Waals surface area (Å²) in [5.41, 5.74) is 6.92. The standard InChI is InChI=1S/C13H13F3N2O/c14-13(15,16)12(19)7-11(8-5-6-8)18-10-4-2-1-3-9(10)17/h1-4,7-8,18H,5-6,17H2/b11-7-. The number of para-hydroxylation sites is 2. The van der Waals surface area contributed by atoms with Crippen molar-refractivity contribution in [3.8, 4) is 0 Å². The van der Waals surface area contributed by atoms with E-state index < -0.39 is 12.0 Å². The van der Waals surface area contributed by atoms with Gasteiger partial charge in [0.05, 0.1) is 11.4 Å². The number of nitrogen functional groups attached to an aromatic ring is 1. The smallest absolute Gasteiger partial charge is 0.397 e. The van der Waals surface area contributed by atoms with Crippen molar-refractivity contribution in [1.29, 1.82) is 0 Å². The van der Waals surface area contributed by atoms with E-state index in [0.717, 1.165) is 12.8 Å². The van der Waals surface area contributed by atoms with Crippen molar-refractivity contribution < 1.29 is 18.0 Å². The first-order valence-electron chi connectivity index (χ1n) is 5.82. The highest BCUT2D eigenvalue weighted by molar-refractivity contribution is 5.95. The summed E-state index contributed by atoms with van der Waals surface area (Å²) in [5, 5.41) is 2.83. The molecular formula is C13H13F3N2O. The van der Waals surface area contributed by atoms with Gasteiger partial charge in [-0.3, -0.25) is 4.79 Å². The summed E-state index contributed by atoms with van der Waals surface area (Å²) >= 11 is 0. The zero-order chi connectivity index (χ0) is 14.0. The van der Waals surface area contributed by atoms with Crippen molar-refractivity contribution in [2.75, 3.05) is 11.1 Å². The lowest BCUT2D eigenvalue weighted by molar-refractivity contribution is -0.165. The molecule has 3 N–H and O–H groups in total. The van der Waals surface area contributed by atoms with E-state index in [-0.39, 0.29) is 11.6 Å². The van der Waals surface area contributed by atoms with E-state index in [0.29, 0.717) is 17.5 Å². The number of benzene rings is 1. The maximum absolute atomic E-state index is 12.3. The van der Waals surface area contributed by atoms with Crippen LogP contribution in [0.15, 0.2) is 36.0 Å². The molecule has 0 atom stereocenters. The zero-order valence-corrected chi connectivity index (χ0v) is 10.00. The molecule has 0 unspecified atom stereocenters. The Morgan fingerprint density at radius 2 is 1.95 bits per heavy atom. The van der Waals surface area contributed by atoms with Gasteiger partial charge in [-0.2, -0.15) is 13.2 Å². The molecule has 6 heteroatoms. The second-order valence-corrected chi connectivity index (χ2v) is 4.45. The van der Waals surface area contributed by atoms with Gasteiger partial charge in [-0.05, 0) is 30.9 Å². The van der Waals surface area contributed by atoms with Crippen LogP contribution in [0.5, 0.6) is 0 Å². The van der Waals surface area contributed by atoms with Gasteiger partial charge in [0.2, 0.25) is 0 Å². The molecular weight excluding hydrogens is 257 g/mol. The van der Waals surface area contributed by atoms with Gasteiger partial charge in [0.1, 0.15) is 0 Å². The summed E-state index contributed by atoms with van der Waals surface area (Å²) in [6.45, 7) is 0. The molecule has 0 saturated heterocycles. The number of ketones is 1. The van der Waals surface area contributed by atoms with E-state index in [4.69, 9.17) is 5.73 Å². The monoisotopic (exact) mass is 270 g/mol. The van der Waals surface area contributed by atoms with Gasteiger partial charge in [0.25, 0.3) is 5.78 Å². The van der Waals surface area contributed by atoms with Crippen LogP contribution in [0, 0.1) is 5.92 Å². The number of hydrogen-bond donors (Lipinski definition) is 2. The molecule has 1 fully saturated rings. The molecule has 0 amide bonds. The molecule has 0 aromatic heterocycles. The van der Waals surface area contributed by atoms with Gasteiger partial charge >= 0.3 is 6.18 Å². The Morgan fingerprint density at radius 3 is 2.47 bits per heavy atom. The first-order chi connectivity index (χ1) is 8.88. The number of carbonyl (C=O) groups is 1. The molecule has 1 aliphatic rings. The van der Waals surface area contributed by atoms with Crippen molar-refractivity contribution in [2.45, 2.75) is 19.0 Å². The zero-order valence-electron chi connectivity index (χ0n) is 10.00. The number of nitrogens with one attached hydrogen (secondary N) is 1. The Balaban J connectivity index is 2.20. The second kappa shape index (κ2) is 4.95. The van der Waals surface area contributed by atoms with Crippen LogP contribution in [-0.4, -0.2) is 12.0 Å². The minimum atomic E-state index is -4.84. The first kappa shape index (κ1) is 13.5. The lowest BCUT2D eigenvalue weighted by Gasteiger charge is -2.12. The predicted molar refractivity (Wildman–Crippen MR) is 66.3 cm³/mol. The van der Waals surface area contributed by atoms with Gasteiger partial charge in [-0.1, -0.05) is 12.1 Å². The average molecular weight is 270 g/mol. The number of nitrogens with two attached hydrogens (primary N) is 1. The minimum Gasteiger partial charge on any atom is -0.397 e. The molecule has 1 aliphatic carbocycles. The normalized spacial score (nSPS) is 16.3. The fourth-order valence-corrected chi connectivity index (χ4v) is 1.64. The SMILES string of the molecule is Nc1ccccc1N/C(=C\C(=O)C(F)(F)F)C1CC1. The Hall–Kier alpha value is -1.98. The average Bonchev–Trinajstić information content (AvgIpc) is 3.13. The summed E-state index contributed by atoms with van der Waals surface area (Å²) in [5.74, 6) is -1.87. The van der Waals surface area contributed by atoms with Crippen molar-refractivity contribution in [3.63, 3.8) is 0 Å². The first-order valence-corrected chi connectivity index (χ1v) is 5.82. The molecule has 2 rings (SSSR count). The molecule has 0 bridgehead atoms. The van der Waals surface area contributed by atoms with Gasteiger partial charge < -0.3 is 11.1 Å². The van der Waals surface area contributed by atoms with Crippen molar-refractivity contribution in [1.82, 2.24) is 0 Å². The Morgan fingerprint density at radius 1 is 1.32 bits per heavy atom. The minimum absolute atomic E-state index is 0.0223. The molecule has 0 aliphatic heterocycles. The van der Waals surface area contributed by atoms with E-state index in [1.54, 1.807) is 24.3 Å². The van der Waals surface area contributed by atoms with Crippen molar-refractivity contribution >= 4 is 17.2 Å². The lowest BCUT2D eigenvalue weighted by atomic mass is 10.2. The van der Waals surface area contributed by atoms with E-state index in [2.05, 4.69) is 5.32 Å². The van der Waals surface area contributed by atoms with Crippen LogP contribution in [-0.2, 0) is 4.79 Å². The Labute approximate surface area is 108 Å². The van der Waals surface area contributed by atoms with Crippen LogP contribution in [0.25, 0.3) is 0 Å². The summed E-state index contributed by atoms with van der Waals surface area (Å²) in [7, 11) is 0. The van der Waals surface area contributed by atoms with Crippen LogP contribution in [0.3, 0.4) is 0 Å². The van der Waals surface area contributed by atoms with Gasteiger partial charge in [-0.25, -0.2) is 0 Å². The Kier molecular flexibility index (Phi) is 3.50. The number of halogens is 3. The second-order valence-electron chi connectivity index (χ2n) is 4.45. The quantitative estimate of drug-likeness (QED) is 0.653. The third-order valence-corrected chi connectivity index (χ3v) is 2.82. The van der Waals surface area contributed by atoms with E-state index >= 15 is 0 Å². The molecule has 102 valence electrons. The summed E-state index contributed by atoms with van der Waals surface area (Å²) < 4.78 is 36.8. The fourth-order valence-electron chi connectivity index (χ4n) is 1.64. The highest BCUT2D eigenvalue weighted by atomic mass is 19.4. The Bertz CT molecular complexity index is 519. The largest absolute Gasteiger partial charge is 0.454 e. The molecule has 0 radical (unpaired) electrons. The number of rotatable bonds is 4. The van der Waals surface area contributed by atoms with E-state index in [9.17, 15) is 18.0 Å². The number of anilines is 2. The van der Waals surface area contributed by atoms with Crippen LogP contribution in [0.2, 0.25) is 0 Å². The van der Waals surface area contributed by atoms with Crippen molar-refractivity contribution in [2.24, 2.45) is 5.92 Å².